The van der Waals surface area contributed by atoms with Gasteiger partial charge in [-0.25, -0.2) is 0 Å². The summed E-state index contributed by atoms with van der Waals surface area (Å²) in [5.74, 6) is -0.454. The van der Waals surface area contributed by atoms with E-state index in [1.54, 1.807) is 43.4 Å². The summed E-state index contributed by atoms with van der Waals surface area (Å²) < 4.78 is 0. The van der Waals surface area contributed by atoms with Gasteiger partial charge in [0.15, 0.2) is 0 Å². The maximum absolute atomic E-state index is 13.1. The summed E-state index contributed by atoms with van der Waals surface area (Å²) in [7, 11) is 3.43. The number of nitrogens with zero attached hydrogens (tertiary/aromatic N) is 2. The molecule has 1 saturated carbocycles. The van der Waals surface area contributed by atoms with E-state index in [9.17, 15) is 9.59 Å². The van der Waals surface area contributed by atoms with Crippen LogP contribution >= 0.6 is 11.6 Å². The van der Waals surface area contributed by atoms with E-state index in [-0.39, 0.29) is 23.3 Å². The normalized spacial score (nSPS) is 25.9. The molecule has 0 saturated heterocycles. The number of halogens is 1. The molecular weight excluding hydrogens is 352 g/mol. The van der Waals surface area contributed by atoms with Gasteiger partial charge in [-0.05, 0) is 42.8 Å². The quantitative estimate of drug-likeness (QED) is 0.800. The van der Waals surface area contributed by atoms with Gasteiger partial charge in [-0.3, -0.25) is 14.6 Å². The van der Waals surface area contributed by atoms with Crippen molar-refractivity contribution >= 4 is 34.1 Å². The standard InChI is InChI=1S/C19H23ClN4O2/c1-24(2)18(26)12-5-6-19(22,16(21)9-12)17(25)15-8-11-3-4-14(20)7-13(11)10-23-15/h3-4,7-8,10,12,16H,5-6,9,21-22H2,1-2H3. The highest BCUT2D eigenvalue weighted by atomic mass is 35.5. The largest absolute Gasteiger partial charge is 0.349 e. The zero-order valence-electron chi connectivity index (χ0n) is 14.9. The van der Waals surface area contributed by atoms with Crippen molar-refractivity contribution in [2.24, 2.45) is 17.4 Å². The first-order chi connectivity index (χ1) is 12.2. The van der Waals surface area contributed by atoms with Crippen LogP contribution in [0.1, 0.15) is 29.8 Å². The Morgan fingerprint density at radius 2 is 2.00 bits per heavy atom. The molecule has 7 heteroatoms. The number of carbonyl (C=O) groups is 2. The molecule has 1 aliphatic carbocycles. The first-order valence-electron chi connectivity index (χ1n) is 8.58. The maximum atomic E-state index is 13.1. The number of hydrogen-bond donors (Lipinski definition) is 2. The first kappa shape index (κ1) is 18.8. The molecule has 1 heterocycles. The molecule has 1 aromatic heterocycles. The molecule has 1 aromatic carbocycles. The van der Waals surface area contributed by atoms with Crippen molar-refractivity contribution < 1.29 is 9.59 Å². The van der Waals surface area contributed by atoms with E-state index in [4.69, 9.17) is 23.1 Å². The number of Topliss-reactive ketones (excluding diaryl/α,β-unsaturated/α-hetero) is 1. The molecular formula is C19H23ClN4O2. The Morgan fingerprint density at radius 1 is 1.27 bits per heavy atom. The Hall–Kier alpha value is -2.02. The zero-order chi connectivity index (χ0) is 19.1. The minimum Gasteiger partial charge on any atom is -0.349 e. The highest BCUT2D eigenvalue weighted by Crippen LogP contribution is 2.33. The molecule has 0 radical (unpaired) electrons. The lowest BCUT2D eigenvalue weighted by Gasteiger charge is -2.40. The van der Waals surface area contributed by atoms with Crippen molar-refractivity contribution in [2.45, 2.75) is 30.8 Å². The number of ketones is 1. The lowest BCUT2D eigenvalue weighted by atomic mass is 9.70. The molecule has 138 valence electrons. The summed E-state index contributed by atoms with van der Waals surface area (Å²) in [6, 6.07) is 6.51. The van der Waals surface area contributed by atoms with Crippen LogP contribution in [0.15, 0.2) is 30.5 Å². The summed E-state index contributed by atoms with van der Waals surface area (Å²) in [4.78, 5) is 31.1. The Bertz CT molecular complexity index is 870. The van der Waals surface area contributed by atoms with E-state index >= 15 is 0 Å². The van der Waals surface area contributed by atoms with E-state index in [1.165, 1.54) is 0 Å². The smallest absolute Gasteiger partial charge is 0.225 e. The summed E-state index contributed by atoms with van der Waals surface area (Å²) >= 11 is 5.98. The third-order valence-corrected chi connectivity index (χ3v) is 5.47. The summed E-state index contributed by atoms with van der Waals surface area (Å²) in [5, 5.41) is 2.32. The number of amides is 1. The molecule has 0 bridgehead atoms. The molecule has 3 unspecified atom stereocenters. The second-order valence-corrected chi connectivity index (χ2v) is 7.68. The van der Waals surface area contributed by atoms with Gasteiger partial charge in [-0.2, -0.15) is 0 Å². The van der Waals surface area contributed by atoms with Gasteiger partial charge in [0.25, 0.3) is 0 Å². The molecule has 1 amide bonds. The molecule has 4 N–H and O–H groups in total. The highest BCUT2D eigenvalue weighted by Gasteiger charge is 2.46. The Kier molecular flexibility index (Phi) is 5.01. The van der Waals surface area contributed by atoms with E-state index < -0.39 is 11.6 Å². The van der Waals surface area contributed by atoms with Crippen molar-refractivity contribution in [3.8, 4) is 0 Å². The fourth-order valence-corrected chi connectivity index (χ4v) is 3.76. The third-order valence-electron chi connectivity index (χ3n) is 5.24. The van der Waals surface area contributed by atoms with Crippen LogP contribution in [0.2, 0.25) is 5.02 Å². The summed E-state index contributed by atoms with van der Waals surface area (Å²) in [5.41, 5.74) is 11.7. The second kappa shape index (κ2) is 6.95. The van der Waals surface area contributed by atoms with Gasteiger partial charge < -0.3 is 16.4 Å². The van der Waals surface area contributed by atoms with Crippen LogP contribution in [0.4, 0.5) is 0 Å². The van der Waals surface area contributed by atoms with Crippen LogP contribution in [0.25, 0.3) is 10.8 Å². The van der Waals surface area contributed by atoms with Crippen molar-refractivity contribution in [1.82, 2.24) is 9.88 Å². The Morgan fingerprint density at radius 3 is 2.65 bits per heavy atom. The summed E-state index contributed by atoms with van der Waals surface area (Å²) in [6.45, 7) is 0. The zero-order valence-corrected chi connectivity index (χ0v) is 15.7. The van der Waals surface area contributed by atoms with Crippen LogP contribution in [0.3, 0.4) is 0 Å². The lowest BCUT2D eigenvalue weighted by molar-refractivity contribution is -0.134. The van der Waals surface area contributed by atoms with Crippen LogP contribution in [-0.4, -0.2) is 47.3 Å². The highest BCUT2D eigenvalue weighted by molar-refractivity contribution is 6.31. The number of hydrogen-bond acceptors (Lipinski definition) is 5. The lowest BCUT2D eigenvalue weighted by Crippen LogP contribution is -2.64. The van der Waals surface area contributed by atoms with Crippen LogP contribution < -0.4 is 11.5 Å². The fourth-order valence-electron chi connectivity index (χ4n) is 3.58. The van der Waals surface area contributed by atoms with Gasteiger partial charge in [0.05, 0.1) is 5.54 Å². The Labute approximate surface area is 157 Å². The van der Waals surface area contributed by atoms with Crippen molar-refractivity contribution in [3.63, 3.8) is 0 Å². The van der Waals surface area contributed by atoms with E-state index in [1.807, 2.05) is 6.07 Å². The maximum Gasteiger partial charge on any atom is 0.225 e. The van der Waals surface area contributed by atoms with Gasteiger partial charge in [0.1, 0.15) is 5.69 Å². The predicted molar refractivity (Wildman–Crippen MR) is 102 cm³/mol. The molecule has 26 heavy (non-hydrogen) atoms. The molecule has 2 aromatic rings. The van der Waals surface area contributed by atoms with Gasteiger partial charge in [-0.15, -0.1) is 0 Å². The average molecular weight is 375 g/mol. The molecule has 0 aliphatic heterocycles. The van der Waals surface area contributed by atoms with Crippen LogP contribution in [0.5, 0.6) is 0 Å². The molecule has 6 nitrogen and oxygen atoms in total. The monoisotopic (exact) mass is 374 g/mol. The van der Waals surface area contributed by atoms with Gasteiger partial charge in [0, 0.05) is 42.7 Å². The number of pyridine rings is 1. The topological polar surface area (TPSA) is 102 Å². The number of aromatic nitrogens is 1. The van der Waals surface area contributed by atoms with E-state index in [0.29, 0.717) is 24.3 Å². The van der Waals surface area contributed by atoms with Crippen molar-refractivity contribution in [1.29, 1.82) is 0 Å². The molecule has 1 fully saturated rings. The molecule has 3 rings (SSSR count). The third kappa shape index (κ3) is 3.32. The Balaban J connectivity index is 1.85. The summed E-state index contributed by atoms with van der Waals surface area (Å²) in [6.07, 6.45) is 2.90. The molecule has 3 atom stereocenters. The van der Waals surface area contributed by atoms with Crippen LogP contribution in [-0.2, 0) is 4.79 Å². The SMILES string of the molecule is CN(C)C(=O)C1CCC(N)(C(=O)c2cc3ccc(Cl)cc3cn2)C(N)C1. The first-order valence-corrected chi connectivity index (χ1v) is 8.96. The average Bonchev–Trinajstić information content (AvgIpc) is 2.62. The minimum atomic E-state index is -1.21. The van der Waals surface area contributed by atoms with Gasteiger partial charge >= 0.3 is 0 Å². The van der Waals surface area contributed by atoms with Crippen LogP contribution in [0, 0.1) is 5.92 Å². The van der Waals surface area contributed by atoms with Crippen molar-refractivity contribution in [2.75, 3.05) is 14.1 Å². The second-order valence-electron chi connectivity index (χ2n) is 7.24. The van der Waals surface area contributed by atoms with E-state index in [2.05, 4.69) is 4.98 Å². The molecule has 1 aliphatic rings. The number of carbonyl (C=O) groups excluding carboxylic acids is 2. The number of benzene rings is 1. The number of rotatable bonds is 3. The van der Waals surface area contributed by atoms with Gasteiger partial charge in [0.2, 0.25) is 11.7 Å². The fraction of sp³-hybridized carbons (Fsp3) is 0.421. The van der Waals surface area contributed by atoms with Crippen molar-refractivity contribution in [3.05, 3.63) is 41.2 Å². The van der Waals surface area contributed by atoms with Gasteiger partial charge in [-0.1, -0.05) is 17.7 Å². The number of nitrogens with two attached hydrogens (primary N) is 2. The molecule has 0 spiro atoms. The van der Waals surface area contributed by atoms with E-state index in [0.717, 1.165) is 10.8 Å². The minimum absolute atomic E-state index is 0.0238. The predicted octanol–water partition coefficient (Wildman–Crippen LogP) is 1.98. The number of fused-ring (bicyclic) bond motifs is 1.